The predicted octanol–water partition coefficient (Wildman–Crippen LogP) is 5.70. The monoisotopic (exact) mass is 546 g/mol. The summed E-state index contributed by atoms with van der Waals surface area (Å²) in [5, 5.41) is 4.89. The van der Waals surface area contributed by atoms with Crippen LogP contribution in [0, 0.1) is 0 Å². The molecular weight excluding hydrogens is 512 g/mol. The fourth-order valence-electron chi connectivity index (χ4n) is 4.80. The van der Waals surface area contributed by atoms with Crippen LogP contribution in [0.2, 0.25) is 0 Å². The lowest BCUT2D eigenvalue weighted by atomic mass is 10.0. The van der Waals surface area contributed by atoms with E-state index in [9.17, 15) is 4.79 Å². The van der Waals surface area contributed by atoms with Gasteiger partial charge in [0.1, 0.15) is 29.4 Å². The van der Waals surface area contributed by atoms with Gasteiger partial charge in [-0.2, -0.15) is 0 Å². The Morgan fingerprint density at radius 2 is 1.85 bits per heavy atom. The lowest BCUT2D eigenvalue weighted by molar-refractivity contribution is 0.0168. The Hall–Kier alpha value is -3.40. The summed E-state index contributed by atoms with van der Waals surface area (Å²) in [5.74, 6) is 2.11. The van der Waals surface area contributed by atoms with E-state index in [0.29, 0.717) is 41.6 Å². The maximum Gasteiger partial charge on any atom is 0.274 e. The first-order valence-electron chi connectivity index (χ1n) is 13.6. The highest BCUT2D eigenvalue weighted by atomic mass is 32.2. The van der Waals surface area contributed by atoms with Gasteiger partial charge in [-0.1, -0.05) is 6.07 Å². The van der Waals surface area contributed by atoms with E-state index in [0.717, 1.165) is 53.9 Å². The first kappa shape index (κ1) is 25.9. The van der Waals surface area contributed by atoms with Crippen LogP contribution in [0.15, 0.2) is 65.7 Å². The Kier molecular flexibility index (Phi) is 7.81. The molecule has 6 rings (SSSR count). The lowest BCUT2D eigenvalue weighted by Gasteiger charge is -2.22. The molecule has 2 aliphatic rings. The summed E-state index contributed by atoms with van der Waals surface area (Å²) in [6.45, 7) is 3.07. The van der Waals surface area contributed by atoms with Crippen LogP contribution in [-0.4, -0.2) is 47.2 Å². The summed E-state index contributed by atoms with van der Waals surface area (Å²) in [6, 6.07) is 15.7. The number of H-pyrrole nitrogens is 1. The number of pyridine rings is 1. The van der Waals surface area contributed by atoms with Gasteiger partial charge in [-0.05, 0) is 87.1 Å². The summed E-state index contributed by atoms with van der Waals surface area (Å²) >= 11 is 1.76. The topological polar surface area (TPSA) is 89.5 Å². The molecule has 0 unspecified atom stereocenters. The molecule has 39 heavy (non-hydrogen) atoms. The minimum atomic E-state index is -0.0613. The number of ether oxygens (including phenoxy) is 3. The van der Waals surface area contributed by atoms with Crippen LogP contribution in [0.3, 0.4) is 0 Å². The van der Waals surface area contributed by atoms with Gasteiger partial charge in [0.25, 0.3) is 5.56 Å². The summed E-state index contributed by atoms with van der Waals surface area (Å²) in [5.41, 5.74) is 3.34. The Morgan fingerprint density at radius 1 is 1.00 bits per heavy atom. The SMILES string of the molecule is Cn1cc(-c2cc(NSC3CC3)ccc2Oc2cccc(OCCOC3CCNCC3)c2)c2cc[nH]c2c1=O. The maximum atomic E-state index is 12.7. The van der Waals surface area contributed by atoms with E-state index in [2.05, 4.69) is 21.1 Å². The molecule has 2 fully saturated rings. The molecule has 1 saturated heterocycles. The van der Waals surface area contributed by atoms with E-state index in [1.54, 1.807) is 29.8 Å². The number of aromatic nitrogens is 2. The Labute approximate surface area is 232 Å². The van der Waals surface area contributed by atoms with Crippen molar-refractivity contribution in [3.05, 3.63) is 71.3 Å². The second-order valence-corrected chi connectivity index (χ2v) is 11.2. The molecule has 1 aliphatic carbocycles. The summed E-state index contributed by atoms with van der Waals surface area (Å²) < 4.78 is 23.5. The molecule has 0 bridgehead atoms. The molecule has 3 heterocycles. The summed E-state index contributed by atoms with van der Waals surface area (Å²) in [4.78, 5) is 15.8. The second kappa shape index (κ2) is 11.8. The molecule has 4 aromatic rings. The number of nitrogens with zero attached hydrogens (tertiary/aromatic N) is 1. The van der Waals surface area contributed by atoms with Gasteiger partial charge in [-0.3, -0.25) is 4.79 Å². The van der Waals surface area contributed by atoms with Crippen LogP contribution in [-0.2, 0) is 11.8 Å². The third-order valence-electron chi connectivity index (χ3n) is 7.06. The molecule has 2 aromatic carbocycles. The van der Waals surface area contributed by atoms with Crippen molar-refractivity contribution in [2.75, 3.05) is 31.0 Å². The number of benzene rings is 2. The molecule has 0 amide bonds. The zero-order valence-corrected chi connectivity index (χ0v) is 22.9. The van der Waals surface area contributed by atoms with Crippen molar-refractivity contribution in [1.29, 1.82) is 0 Å². The van der Waals surface area contributed by atoms with Gasteiger partial charge in [0.05, 0.1) is 12.7 Å². The van der Waals surface area contributed by atoms with E-state index in [-0.39, 0.29) is 5.56 Å². The molecule has 0 radical (unpaired) electrons. The highest BCUT2D eigenvalue weighted by Gasteiger charge is 2.22. The lowest BCUT2D eigenvalue weighted by Crippen LogP contribution is -2.33. The number of rotatable bonds is 11. The molecule has 1 aliphatic heterocycles. The summed E-state index contributed by atoms with van der Waals surface area (Å²) in [7, 11) is 1.77. The Bertz CT molecular complexity index is 1490. The van der Waals surface area contributed by atoms with E-state index in [1.807, 2.05) is 48.7 Å². The third-order valence-corrected chi connectivity index (χ3v) is 8.22. The fourth-order valence-corrected chi connectivity index (χ4v) is 5.61. The number of anilines is 1. The van der Waals surface area contributed by atoms with Gasteiger partial charge in [0.2, 0.25) is 0 Å². The Balaban J connectivity index is 1.23. The van der Waals surface area contributed by atoms with Crippen molar-refractivity contribution in [2.45, 2.75) is 37.0 Å². The third kappa shape index (κ3) is 6.27. The highest BCUT2D eigenvalue weighted by Crippen LogP contribution is 2.40. The fraction of sp³-hybridized carbons (Fsp3) is 0.367. The maximum absolute atomic E-state index is 12.7. The number of aromatic amines is 1. The van der Waals surface area contributed by atoms with Crippen molar-refractivity contribution in [1.82, 2.24) is 14.9 Å². The molecule has 204 valence electrons. The van der Waals surface area contributed by atoms with Gasteiger partial charge >= 0.3 is 0 Å². The minimum Gasteiger partial charge on any atom is -0.491 e. The summed E-state index contributed by atoms with van der Waals surface area (Å²) in [6.07, 6.45) is 8.58. The van der Waals surface area contributed by atoms with Crippen LogP contribution in [0.5, 0.6) is 17.2 Å². The van der Waals surface area contributed by atoms with Crippen LogP contribution in [0.1, 0.15) is 25.7 Å². The normalized spacial score (nSPS) is 15.9. The number of fused-ring (bicyclic) bond motifs is 1. The number of hydrogen-bond donors (Lipinski definition) is 3. The Morgan fingerprint density at radius 3 is 2.69 bits per heavy atom. The zero-order valence-electron chi connectivity index (χ0n) is 22.1. The van der Waals surface area contributed by atoms with Gasteiger partial charge in [-0.25, -0.2) is 0 Å². The quantitative estimate of drug-likeness (QED) is 0.164. The van der Waals surface area contributed by atoms with E-state index in [1.165, 1.54) is 12.8 Å². The molecule has 1 saturated carbocycles. The first-order valence-corrected chi connectivity index (χ1v) is 14.5. The first-order chi connectivity index (χ1) is 19.1. The molecule has 0 spiro atoms. The smallest absolute Gasteiger partial charge is 0.274 e. The van der Waals surface area contributed by atoms with E-state index < -0.39 is 0 Å². The average molecular weight is 547 g/mol. The van der Waals surface area contributed by atoms with Gasteiger partial charge in [0, 0.05) is 53.0 Å². The van der Waals surface area contributed by atoms with Gasteiger partial charge in [-0.15, -0.1) is 0 Å². The van der Waals surface area contributed by atoms with Crippen molar-refractivity contribution >= 4 is 28.5 Å². The van der Waals surface area contributed by atoms with Crippen molar-refractivity contribution in [2.24, 2.45) is 7.05 Å². The minimum absolute atomic E-state index is 0.0613. The standard InChI is InChI=1S/C30H34N4O4S/c1-34-19-27(25-11-14-32-29(25)30(34)35)26-17-20(33-39-24-6-7-24)5-8-28(26)38-23-4-2-3-22(18-23)37-16-15-36-21-9-12-31-13-10-21/h2-5,8,11,14,17-19,21,24,31-33H,6-7,9-10,12-13,15-16H2,1H3. The second-order valence-electron chi connectivity index (χ2n) is 10.1. The molecule has 2 aromatic heterocycles. The molecule has 0 atom stereocenters. The van der Waals surface area contributed by atoms with E-state index >= 15 is 0 Å². The zero-order chi connectivity index (χ0) is 26.6. The van der Waals surface area contributed by atoms with Gasteiger partial charge < -0.3 is 33.8 Å². The van der Waals surface area contributed by atoms with E-state index in [4.69, 9.17) is 14.2 Å². The van der Waals surface area contributed by atoms with Crippen LogP contribution in [0.4, 0.5) is 5.69 Å². The molecule has 9 heteroatoms. The largest absolute Gasteiger partial charge is 0.491 e. The highest BCUT2D eigenvalue weighted by molar-refractivity contribution is 8.01. The molecule has 3 N–H and O–H groups in total. The predicted molar refractivity (Wildman–Crippen MR) is 157 cm³/mol. The van der Waals surface area contributed by atoms with Crippen LogP contribution in [0.25, 0.3) is 22.0 Å². The van der Waals surface area contributed by atoms with Crippen molar-refractivity contribution < 1.29 is 14.2 Å². The average Bonchev–Trinajstić information content (AvgIpc) is 3.66. The number of aryl methyl sites for hydroxylation is 1. The van der Waals surface area contributed by atoms with Crippen molar-refractivity contribution in [3.8, 4) is 28.4 Å². The molecule has 8 nitrogen and oxygen atoms in total. The number of piperidine rings is 1. The number of hydrogen-bond acceptors (Lipinski definition) is 7. The molecular formula is C30H34N4O4S. The van der Waals surface area contributed by atoms with Gasteiger partial charge in [0.15, 0.2) is 0 Å². The number of nitrogens with one attached hydrogen (secondary N) is 3. The van der Waals surface area contributed by atoms with Crippen molar-refractivity contribution in [3.63, 3.8) is 0 Å². The van der Waals surface area contributed by atoms with Crippen LogP contribution >= 0.6 is 11.9 Å². The van der Waals surface area contributed by atoms with Crippen LogP contribution < -0.4 is 25.1 Å².